The predicted molar refractivity (Wildman–Crippen MR) is 160 cm³/mol. The summed E-state index contributed by atoms with van der Waals surface area (Å²) in [5.41, 5.74) is 3.05. The van der Waals surface area contributed by atoms with Crippen LogP contribution in [0.15, 0.2) is 78.9 Å². The van der Waals surface area contributed by atoms with Gasteiger partial charge in [0.1, 0.15) is 12.6 Å². The molecule has 1 fully saturated rings. The number of anilines is 1. The number of sulfonamides is 1. The standard InChI is InChI=1S/C31H36ClN3O4S/c1-23-12-18-28(19-13-23)35(40(2,38)39)22-30(36)34(21-25-14-16-26(32)17-15-25)29(20-24-8-4-3-5-9-24)31(37)33-27-10-6-7-11-27/h3-5,8-9,12-19,27,29H,6-7,10-11,20-22H2,1-2H3,(H,33,37). The summed E-state index contributed by atoms with van der Waals surface area (Å²) in [4.78, 5) is 29.4. The fourth-order valence-corrected chi connectivity index (χ4v) is 6.01. The molecule has 0 saturated heterocycles. The lowest BCUT2D eigenvalue weighted by Crippen LogP contribution is -2.54. The first-order valence-corrected chi connectivity index (χ1v) is 15.8. The van der Waals surface area contributed by atoms with E-state index in [2.05, 4.69) is 5.32 Å². The second-order valence-electron chi connectivity index (χ2n) is 10.4. The van der Waals surface area contributed by atoms with Gasteiger partial charge < -0.3 is 10.2 Å². The molecule has 0 aliphatic heterocycles. The molecule has 7 nitrogen and oxygen atoms in total. The summed E-state index contributed by atoms with van der Waals surface area (Å²) in [5.74, 6) is -0.706. The van der Waals surface area contributed by atoms with E-state index in [1.54, 1.807) is 36.4 Å². The third kappa shape index (κ3) is 8.08. The third-order valence-corrected chi connectivity index (χ3v) is 8.63. The average Bonchev–Trinajstić information content (AvgIpc) is 3.44. The molecule has 0 aromatic heterocycles. The lowest BCUT2D eigenvalue weighted by Gasteiger charge is -2.34. The molecule has 212 valence electrons. The highest BCUT2D eigenvalue weighted by Crippen LogP contribution is 2.23. The van der Waals surface area contributed by atoms with E-state index >= 15 is 0 Å². The number of amides is 2. The summed E-state index contributed by atoms with van der Waals surface area (Å²) in [6.07, 6.45) is 5.30. The number of hydrogen-bond acceptors (Lipinski definition) is 4. The van der Waals surface area contributed by atoms with Gasteiger partial charge in [-0.1, -0.05) is 84.6 Å². The molecule has 1 N–H and O–H groups in total. The molecular formula is C31H36ClN3O4S. The van der Waals surface area contributed by atoms with E-state index in [1.807, 2.05) is 49.4 Å². The van der Waals surface area contributed by atoms with Crippen molar-refractivity contribution in [3.05, 3.63) is 101 Å². The number of hydrogen-bond donors (Lipinski definition) is 1. The zero-order valence-electron chi connectivity index (χ0n) is 22.9. The molecule has 0 spiro atoms. The van der Waals surface area contributed by atoms with Gasteiger partial charge in [0, 0.05) is 24.0 Å². The fourth-order valence-electron chi connectivity index (χ4n) is 5.03. The van der Waals surface area contributed by atoms with Crippen molar-refractivity contribution in [3.63, 3.8) is 0 Å². The van der Waals surface area contributed by atoms with Crippen molar-refractivity contribution in [2.75, 3.05) is 17.1 Å². The smallest absolute Gasteiger partial charge is 0.244 e. The molecular weight excluding hydrogens is 546 g/mol. The van der Waals surface area contributed by atoms with E-state index in [9.17, 15) is 18.0 Å². The van der Waals surface area contributed by atoms with Crippen LogP contribution in [0.2, 0.25) is 5.02 Å². The van der Waals surface area contributed by atoms with E-state index in [0.717, 1.165) is 52.9 Å². The van der Waals surface area contributed by atoms with Crippen LogP contribution in [0.1, 0.15) is 42.4 Å². The molecule has 1 aliphatic rings. The van der Waals surface area contributed by atoms with Gasteiger partial charge in [-0.25, -0.2) is 8.42 Å². The minimum absolute atomic E-state index is 0.0679. The van der Waals surface area contributed by atoms with Gasteiger partial charge in [-0.05, 0) is 55.2 Å². The maximum Gasteiger partial charge on any atom is 0.244 e. The number of carbonyl (C=O) groups is 2. The van der Waals surface area contributed by atoms with Crippen molar-refractivity contribution < 1.29 is 18.0 Å². The Bertz CT molecular complexity index is 1390. The number of rotatable bonds is 11. The van der Waals surface area contributed by atoms with Crippen LogP contribution in [0.25, 0.3) is 0 Å². The second kappa shape index (κ2) is 13.3. The highest BCUT2D eigenvalue weighted by molar-refractivity contribution is 7.92. The van der Waals surface area contributed by atoms with Crippen LogP contribution in [0.5, 0.6) is 0 Å². The van der Waals surface area contributed by atoms with Gasteiger partial charge in [0.05, 0.1) is 11.9 Å². The predicted octanol–water partition coefficient (Wildman–Crippen LogP) is 5.11. The molecule has 1 atom stereocenters. The summed E-state index contributed by atoms with van der Waals surface area (Å²) in [7, 11) is -3.79. The monoisotopic (exact) mass is 581 g/mol. The topological polar surface area (TPSA) is 86.8 Å². The molecule has 3 aromatic rings. The summed E-state index contributed by atoms with van der Waals surface area (Å²) < 4.78 is 26.8. The van der Waals surface area contributed by atoms with Crippen LogP contribution < -0.4 is 9.62 Å². The lowest BCUT2D eigenvalue weighted by molar-refractivity contribution is -0.140. The molecule has 40 heavy (non-hydrogen) atoms. The SMILES string of the molecule is Cc1ccc(N(CC(=O)N(Cc2ccc(Cl)cc2)C(Cc2ccccc2)C(=O)NC2CCCC2)S(C)(=O)=O)cc1. The van der Waals surface area contributed by atoms with Crippen LogP contribution in [0, 0.1) is 6.92 Å². The molecule has 0 heterocycles. The lowest BCUT2D eigenvalue weighted by atomic mass is 10.0. The Kier molecular flexibility index (Phi) is 9.87. The number of halogens is 1. The minimum atomic E-state index is -3.79. The Hall–Kier alpha value is -3.36. The Morgan fingerprint density at radius 3 is 2.15 bits per heavy atom. The van der Waals surface area contributed by atoms with Crippen LogP contribution >= 0.6 is 11.6 Å². The Labute approximate surface area is 242 Å². The van der Waals surface area contributed by atoms with Crippen molar-refractivity contribution in [1.29, 1.82) is 0 Å². The zero-order valence-corrected chi connectivity index (χ0v) is 24.5. The number of benzene rings is 3. The van der Waals surface area contributed by atoms with Crippen molar-refractivity contribution in [3.8, 4) is 0 Å². The van der Waals surface area contributed by atoms with Crippen molar-refractivity contribution in [1.82, 2.24) is 10.2 Å². The summed E-state index contributed by atoms with van der Waals surface area (Å²) in [5, 5.41) is 3.72. The van der Waals surface area contributed by atoms with Crippen LogP contribution in [-0.4, -0.2) is 50.0 Å². The molecule has 1 saturated carbocycles. The third-order valence-electron chi connectivity index (χ3n) is 7.24. The normalized spacial score (nSPS) is 14.5. The van der Waals surface area contributed by atoms with Crippen molar-refractivity contribution in [2.24, 2.45) is 0 Å². The number of aryl methyl sites for hydroxylation is 1. The molecule has 2 amide bonds. The van der Waals surface area contributed by atoms with E-state index < -0.39 is 28.5 Å². The van der Waals surface area contributed by atoms with Gasteiger partial charge in [-0.15, -0.1) is 0 Å². The average molecular weight is 582 g/mol. The van der Waals surface area contributed by atoms with Gasteiger partial charge in [0.15, 0.2) is 0 Å². The second-order valence-corrected chi connectivity index (χ2v) is 12.8. The summed E-state index contributed by atoms with van der Waals surface area (Å²) >= 11 is 6.11. The van der Waals surface area contributed by atoms with E-state index in [1.165, 1.54) is 4.90 Å². The molecule has 0 radical (unpaired) electrons. The molecule has 3 aromatic carbocycles. The molecule has 9 heteroatoms. The van der Waals surface area contributed by atoms with Crippen molar-refractivity contribution in [2.45, 2.75) is 57.7 Å². The highest BCUT2D eigenvalue weighted by Gasteiger charge is 2.34. The van der Waals surface area contributed by atoms with E-state index in [4.69, 9.17) is 11.6 Å². The molecule has 4 rings (SSSR count). The van der Waals surface area contributed by atoms with Crippen LogP contribution in [0.3, 0.4) is 0 Å². The Morgan fingerprint density at radius 1 is 0.925 bits per heavy atom. The Balaban J connectivity index is 1.71. The number of nitrogens with one attached hydrogen (secondary N) is 1. The first-order chi connectivity index (χ1) is 19.1. The van der Waals surface area contributed by atoms with Crippen LogP contribution in [-0.2, 0) is 32.6 Å². The fraction of sp³-hybridized carbons (Fsp3) is 0.355. The van der Waals surface area contributed by atoms with Gasteiger partial charge in [-0.3, -0.25) is 13.9 Å². The first kappa shape index (κ1) is 29.6. The van der Waals surface area contributed by atoms with Gasteiger partial charge in [0.2, 0.25) is 21.8 Å². The van der Waals surface area contributed by atoms with E-state index in [-0.39, 0.29) is 18.5 Å². The maximum atomic E-state index is 14.1. The Morgan fingerprint density at radius 2 is 1.55 bits per heavy atom. The summed E-state index contributed by atoms with van der Waals surface area (Å²) in [6.45, 7) is 1.60. The molecule has 0 bridgehead atoms. The first-order valence-electron chi connectivity index (χ1n) is 13.5. The highest BCUT2D eigenvalue weighted by atomic mass is 35.5. The molecule has 1 aliphatic carbocycles. The van der Waals surface area contributed by atoms with Crippen molar-refractivity contribution >= 4 is 39.1 Å². The number of nitrogens with zero attached hydrogens (tertiary/aromatic N) is 2. The number of carbonyl (C=O) groups excluding carboxylic acids is 2. The minimum Gasteiger partial charge on any atom is -0.352 e. The largest absolute Gasteiger partial charge is 0.352 e. The van der Waals surface area contributed by atoms with E-state index in [0.29, 0.717) is 17.1 Å². The summed E-state index contributed by atoms with van der Waals surface area (Å²) in [6, 6.07) is 22.8. The van der Waals surface area contributed by atoms with Crippen LogP contribution in [0.4, 0.5) is 5.69 Å². The van der Waals surface area contributed by atoms with Gasteiger partial charge in [0.25, 0.3) is 0 Å². The van der Waals surface area contributed by atoms with Gasteiger partial charge in [-0.2, -0.15) is 0 Å². The molecule has 1 unspecified atom stereocenters. The maximum absolute atomic E-state index is 14.1. The quantitative estimate of drug-likeness (QED) is 0.341. The van der Waals surface area contributed by atoms with Gasteiger partial charge >= 0.3 is 0 Å². The zero-order chi connectivity index (χ0) is 28.7.